The quantitative estimate of drug-likeness (QED) is 0.595. The molecular weight excluding hydrogens is 390 g/mol. The van der Waals surface area contributed by atoms with Crippen molar-refractivity contribution in [3.63, 3.8) is 0 Å². The van der Waals surface area contributed by atoms with E-state index < -0.39 is 6.10 Å². The monoisotopic (exact) mass is 431 g/mol. The summed E-state index contributed by atoms with van der Waals surface area (Å²) in [6, 6.07) is -0.0683. The average molecular weight is 432 g/mol. The van der Waals surface area contributed by atoms with Crippen molar-refractivity contribution >= 4 is 0 Å². The smallest absolute Gasteiger partial charge is 0.106 e. The standard InChI is InChI=1S/C23H41N7O/c1-18-21(27-26-20-15-19(25-24-2)9-10-23(20)31)16-29(12-8-11-28(3)4)17-22(18)30-13-6-5-7-14-30/h16,19-20,23,31H,5-15,17H2,1-4H3. The fourth-order valence-corrected chi connectivity index (χ4v) is 4.75. The third-order valence-electron chi connectivity index (χ3n) is 6.61. The number of allylic oxidation sites excluding steroid dienone is 1. The van der Waals surface area contributed by atoms with E-state index in [4.69, 9.17) is 0 Å². The zero-order valence-corrected chi connectivity index (χ0v) is 19.9. The molecule has 0 bridgehead atoms. The summed E-state index contributed by atoms with van der Waals surface area (Å²) in [6.07, 6.45) is 8.97. The molecule has 1 saturated carbocycles. The van der Waals surface area contributed by atoms with Crippen molar-refractivity contribution in [2.24, 2.45) is 20.5 Å². The van der Waals surface area contributed by atoms with Gasteiger partial charge in [-0.15, -0.1) is 0 Å². The van der Waals surface area contributed by atoms with Crippen LogP contribution in [0.2, 0.25) is 0 Å². The fraction of sp³-hybridized carbons (Fsp3) is 0.826. The molecule has 8 nitrogen and oxygen atoms in total. The molecule has 3 rings (SSSR count). The summed E-state index contributed by atoms with van der Waals surface area (Å²) in [5, 5.41) is 28.0. The predicted octanol–water partition coefficient (Wildman–Crippen LogP) is 3.67. The Morgan fingerprint density at radius 1 is 1.13 bits per heavy atom. The van der Waals surface area contributed by atoms with E-state index in [1.165, 1.54) is 30.5 Å². The molecular formula is C23H41N7O. The molecule has 0 aromatic carbocycles. The second kappa shape index (κ2) is 11.7. The van der Waals surface area contributed by atoms with E-state index in [1.54, 1.807) is 7.05 Å². The second-order valence-corrected chi connectivity index (χ2v) is 9.39. The molecule has 3 aliphatic rings. The predicted molar refractivity (Wildman–Crippen MR) is 124 cm³/mol. The number of piperidine rings is 1. The van der Waals surface area contributed by atoms with Gasteiger partial charge >= 0.3 is 0 Å². The van der Waals surface area contributed by atoms with Crippen LogP contribution >= 0.6 is 0 Å². The molecule has 3 atom stereocenters. The minimum atomic E-state index is -0.446. The van der Waals surface area contributed by atoms with Crippen molar-refractivity contribution in [3.05, 3.63) is 23.2 Å². The lowest BCUT2D eigenvalue weighted by Gasteiger charge is -2.38. The van der Waals surface area contributed by atoms with E-state index >= 15 is 0 Å². The summed E-state index contributed by atoms with van der Waals surface area (Å²) in [6.45, 7) is 7.47. The first kappa shape index (κ1) is 23.9. The maximum atomic E-state index is 10.4. The number of rotatable bonds is 8. The Balaban J connectivity index is 1.76. The van der Waals surface area contributed by atoms with Gasteiger partial charge in [-0.3, -0.25) is 0 Å². The highest BCUT2D eigenvalue weighted by molar-refractivity contribution is 5.36. The SMILES string of the molecule is CN=NC1CCC(O)C(N=NC2=CN(CCCN(C)C)CC(N3CCCCC3)=C2C)C1. The Morgan fingerprint density at radius 2 is 1.90 bits per heavy atom. The lowest BCUT2D eigenvalue weighted by atomic mass is 9.89. The van der Waals surface area contributed by atoms with E-state index in [0.29, 0.717) is 12.8 Å². The third-order valence-corrected chi connectivity index (χ3v) is 6.61. The first-order chi connectivity index (χ1) is 15.0. The summed E-state index contributed by atoms with van der Waals surface area (Å²) in [5.41, 5.74) is 3.55. The molecule has 2 heterocycles. The lowest BCUT2D eigenvalue weighted by Crippen LogP contribution is -2.38. The summed E-state index contributed by atoms with van der Waals surface area (Å²) < 4.78 is 0. The number of likely N-dealkylation sites (tertiary alicyclic amines) is 1. The maximum Gasteiger partial charge on any atom is 0.106 e. The highest BCUT2D eigenvalue weighted by Crippen LogP contribution is 2.30. The van der Waals surface area contributed by atoms with E-state index in [-0.39, 0.29) is 12.1 Å². The molecule has 2 fully saturated rings. The number of hydrogen-bond acceptors (Lipinski definition) is 8. The summed E-state index contributed by atoms with van der Waals surface area (Å²) in [4.78, 5) is 7.17. The number of nitrogens with zero attached hydrogens (tertiary/aromatic N) is 7. The van der Waals surface area contributed by atoms with Crippen LogP contribution in [0.1, 0.15) is 51.9 Å². The summed E-state index contributed by atoms with van der Waals surface area (Å²) >= 11 is 0. The summed E-state index contributed by atoms with van der Waals surface area (Å²) in [7, 11) is 5.95. The zero-order valence-electron chi connectivity index (χ0n) is 19.9. The molecule has 31 heavy (non-hydrogen) atoms. The molecule has 3 unspecified atom stereocenters. The molecule has 174 valence electrons. The number of aliphatic hydroxyl groups is 1. The number of aliphatic hydroxyl groups excluding tert-OH is 1. The van der Waals surface area contributed by atoms with Gasteiger partial charge in [-0.05, 0) is 78.1 Å². The van der Waals surface area contributed by atoms with Crippen LogP contribution in [0.4, 0.5) is 0 Å². The zero-order chi connectivity index (χ0) is 22.2. The van der Waals surface area contributed by atoms with Crippen LogP contribution in [0.25, 0.3) is 0 Å². The van der Waals surface area contributed by atoms with Gasteiger partial charge in [0, 0.05) is 38.6 Å². The van der Waals surface area contributed by atoms with Gasteiger partial charge in [-0.1, -0.05) is 0 Å². The van der Waals surface area contributed by atoms with Crippen molar-refractivity contribution in [1.82, 2.24) is 14.7 Å². The maximum absolute atomic E-state index is 10.4. The Bertz CT molecular complexity index is 694. The van der Waals surface area contributed by atoms with Crippen molar-refractivity contribution in [2.45, 2.75) is 70.1 Å². The van der Waals surface area contributed by atoms with Crippen molar-refractivity contribution < 1.29 is 5.11 Å². The second-order valence-electron chi connectivity index (χ2n) is 9.39. The topological polar surface area (TPSA) is 79.4 Å². The molecule has 1 aliphatic carbocycles. The van der Waals surface area contributed by atoms with E-state index in [1.807, 2.05) is 0 Å². The van der Waals surface area contributed by atoms with Crippen LogP contribution in [0.5, 0.6) is 0 Å². The van der Waals surface area contributed by atoms with Crippen LogP contribution < -0.4 is 0 Å². The van der Waals surface area contributed by atoms with Gasteiger partial charge in [0.05, 0.1) is 24.7 Å². The van der Waals surface area contributed by atoms with Gasteiger partial charge in [-0.25, -0.2) is 0 Å². The Kier molecular flexibility index (Phi) is 9.02. The Morgan fingerprint density at radius 3 is 2.61 bits per heavy atom. The minimum absolute atomic E-state index is 0.140. The molecule has 0 aromatic heterocycles. The van der Waals surface area contributed by atoms with Crippen LogP contribution in [0, 0.1) is 0 Å². The van der Waals surface area contributed by atoms with Crippen molar-refractivity contribution in [1.29, 1.82) is 0 Å². The number of azo groups is 2. The van der Waals surface area contributed by atoms with Gasteiger partial charge in [-0.2, -0.15) is 20.5 Å². The van der Waals surface area contributed by atoms with Crippen molar-refractivity contribution in [2.75, 3.05) is 53.9 Å². The van der Waals surface area contributed by atoms with E-state index in [9.17, 15) is 5.11 Å². The van der Waals surface area contributed by atoms with Gasteiger partial charge in [0.1, 0.15) is 5.70 Å². The van der Waals surface area contributed by atoms with Crippen LogP contribution in [0.15, 0.2) is 43.6 Å². The fourth-order valence-electron chi connectivity index (χ4n) is 4.75. The Hall–Kier alpha value is -1.80. The van der Waals surface area contributed by atoms with E-state index in [2.05, 4.69) is 62.4 Å². The van der Waals surface area contributed by atoms with Crippen LogP contribution in [0.3, 0.4) is 0 Å². The molecule has 0 radical (unpaired) electrons. The van der Waals surface area contributed by atoms with Gasteiger partial charge in [0.25, 0.3) is 0 Å². The molecule has 1 saturated heterocycles. The first-order valence-electron chi connectivity index (χ1n) is 11.9. The summed E-state index contributed by atoms with van der Waals surface area (Å²) in [5.74, 6) is 0. The van der Waals surface area contributed by atoms with Gasteiger partial charge in [0.2, 0.25) is 0 Å². The Labute approximate surface area is 187 Å². The first-order valence-corrected chi connectivity index (χ1v) is 11.9. The van der Waals surface area contributed by atoms with Crippen LogP contribution in [-0.4, -0.2) is 91.9 Å². The highest BCUT2D eigenvalue weighted by Gasteiger charge is 2.30. The molecule has 0 spiro atoms. The third kappa shape index (κ3) is 6.84. The lowest BCUT2D eigenvalue weighted by molar-refractivity contribution is 0.0986. The molecule has 8 heteroatoms. The molecule has 1 N–H and O–H groups in total. The minimum Gasteiger partial charge on any atom is -0.391 e. The van der Waals surface area contributed by atoms with Gasteiger partial charge < -0.3 is 19.8 Å². The number of hydrogen-bond donors (Lipinski definition) is 1. The largest absolute Gasteiger partial charge is 0.391 e. The van der Waals surface area contributed by atoms with Gasteiger partial charge in [0.15, 0.2) is 0 Å². The van der Waals surface area contributed by atoms with Crippen molar-refractivity contribution in [3.8, 4) is 0 Å². The van der Waals surface area contributed by atoms with E-state index in [0.717, 1.165) is 51.3 Å². The van der Waals surface area contributed by atoms with Crippen LogP contribution in [-0.2, 0) is 0 Å². The molecule has 0 aromatic rings. The highest BCUT2D eigenvalue weighted by atomic mass is 16.3. The average Bonchev–Trinajstić information content (AvgIpc) is 2.76. The normalized spacial score (nSPS) is 28.3. The molecule has 0 amide bonds. The molecule has 2 aliphatic heterocycles.